The Morgan fingerprint density at radius 1 is 0.395 bits per heavy atom. The molecule has 4 nitrogen and oxygen atoms in total. The van der Waals surface area contributed by atoms with Gasteiger partial charge in [-0.3, -0.25) is 0 Å². The summed E-state index contributed by atoms with van der Waals surface area (Å²) in [5.74, 6) is -0.0910. The minimum atomic E-state index is -0.242. The average molecular weight is 1120 g/mol. The number of allylic oxidation sites excluding steroid dienone is 10. The van der Waals surface area contributed by atoms with Gasteiger partial charge in [-0.2, -0.15) is 10.5 Å². The van der Waals surface area contributed by atoms with Crippen LogP contribution in [0.15, 0.2) is 264 Å². The summed E-state index contributed by atoms with van der Waals surface area (Å²) < 4.78 is 0. The molecule has 4 heteroatoms. The first kappa shape index (κ1) is 57.0. The van der Waals surface area contributed by atoms with Crippen molar-refractivity contribution in [2.24, 2.45) is 5.92 Å². The van der Waals surface area contributed by atoms with E-state index in [1.165, 1.54) is 77.9 Å². The highest BCUT2D eigenvalue weighted by Crippen LogP contribution is 2.54. The summed E-state index contributed by atoms with van der Waals surface area (Å²) in [5.41, 5.74) is 26.6. The van der Waals surface area contributed by atoms with Crippen molar-refractivity contribution in [2.75, 3.05) is 9.80 Å². The molecule has 4 aliphatic rings. The van der Waals surface area contributed by atoms with E-state index in [0.717, 1.165) is 45.1 Å². The third-order valence-electron chi connectivity index (χ3n) is 17.6. The molecule has 0 fully saturated rings. The highest BCUT2D eigenvalue weighted by molar-refractivity contribution is 5.93. The van der Waals surface area contributed by atoms with Crippen molar-refractivity contribution >= 4 is 22.7 Å². The lowest BCUT2D eigenvalue weighted by Crippen LogP contribution is -2.37. The Labute approximate surface area is 511 Å². The zero-order valence-electron chi connectivity index (χ0n) is 51.9. The Bertz CT molecular complexity index is 4330. The summed E-state index contributed by atoms with van der Waals surface area (Å²) in [4.78, 5) is 4.96. The van der Waals surface area contributed by atoms with Crippen molar-refractivity contribution in [3.05, 3.63) is 298 Å². The molecule has 0 aliphatic heterocycles. The summed E-state index contributed by atoms with van der Waals surface area (Å²) in [5, 5.41) is 20.4. The Balaban J connectivity index is 1.06. The van der Waals surface area contributed by atoms with E-state index in [1.54, 1.807) is 0 Å². The van der Waals surface area contributed by atoms with Gasteiger partial charge in [-0.15, -0.1) is 0 Å². The van der Waals surface area contributed by atoms with E-state index < -0.39 is 0 Å². The van der Waals surface area contributed by atoms with Gasteiger partial charge in [-0.1, -0.05) is 235 Å². The number of nitrogens with zero attached hydrogens (tertiary/aromatic N) is 4. The van der Waals surface area contributed by atoms with Gasteiger partial charge in [-0.25, -0.2) is 0 Å². The molecule has 12 rings (SSSR count). The summed E-state index contributed by atoms with van der Waals surface area (Å²) in [6, 6.07) is 70.5. The molecule has 4 aliphatic carbocycles. The molecule has 0 N–H and O–H groups in total. The van der Waals surface area contributed by atoms with Gasteiger partial charge in [0.05, 0.1) is 40.7 Å². The van der Waals surface area contributed by atoms with Gasteiger partial charge < -0.3 is 9.80 Å². The van der Waals surface area contributed by atoms with Crippen molar-refractivity contribution in [2.45, 2.75) is 111 Å². The van der Waals surface area contributed by atoms with Crippen LogP contribution < -0.4 is 9.80 Å². The number of nitriles is 2. The van der Waals surface area contributed by atoms with Crippen LogP contribution in [-0.2, 0) is 21.7 Å². The predicted octanol–water partition coefficient (Wildman–Crippen LogP) is 21.4. The van der Waals surface area contributed by atoms with Crippen LogP contribution in [0.3, 0.4) is 0 Å². The Morgan fingerprint density at radius 2 is 0.837 bits per heavy atom. The third-order valence-corrected chi connectivity index (χ3v) is 17.6. The van der Waals surface area contributed by atoms with E-state index in [0.29, 0.717) is 11.1 Å². The molecule has 0 bridgehead atoms. The van der Waals surface area contributed by atoms with Crippen molar-refractivity contribution in [1.82, 2.24) is 0 Å². The highest BCUT2D eigenvalue weighted by Gasteiger charge is 2.41. The first-order chi connectivity index (χ1) is 41.1. The second kappa shape index (κ2) is 21.9. The molecule has 0 amide bonds. The Morgan fingerprint density at radius 3 is 1.33 bits per heavy atom. The second-order valence-electron chi connectivity index (χ2n) is 27.6. The van der Waals surface area contributed by atoms with Crippen LogP contribution in [0, 0.1) is 28.6 Å². The standard InChI is InChI=1S/C82H76N4/c1-79(2,3)69-25-17-13-21-61(69)57-37-47-75(67(49-57)63-23-15-19-27-71(63)81(7,8)9)85(59-39-29-53(51-83)30-40-59)73-45-35-55-34-44-66-74(46-36-56-33-43-65(73)77(55)78(56)66)86(60-41-31-54(52-84)32-42-60)76-48-38-58(62-22-14-18-26-70(62)80(4,5)6)50-68(76)64-24-16-20-28-72(64)82(10,11)12/h13-50,73,78H,1-12H3. The van der Waals surface area contributed by atoms with E-state index in [9.17, 15) is 10.5 Å². The molecule has 2 atom stereocenters. The fourth-order valence-electron chi connectivity index (χ4n) is 13.5. The monoisotopic (exact) mass is 1120 g/mol. The maximum absolute atomic E-state index is 10.2. The molecule has 0 saturated heterocycles. The first-order valence-electron chi connectivity index (χ1n) is 30.3. The van der Waals surface area contributed by atoms with Gasteiger partial charge in [0.15, 0.2) is 0 Å². The van der Waals surface area contributed by atoms with Gasteiger partial charge >= 0.3 is 0 Å². The highest BCUT2D eigenvalue weighted by atomic mass is 15.2. The zero-order valence-corrected chi connectivity index (χ0v) is 51.9. The SMILES string of the molecule is CC(C)(C)c1ccccc1-c1ccc(N(C2=C3C=CC4=C5C(=CC=C(C=C2)C35)C(N(c2ccc(C#N)cc2)c2ccc(-c3ccccc3C(C)(C)C)cc2-c2ccccc2C(C)(C)C)C=C4)c2ccc(C#N)cc2)c(-c2ccccc2C(C)(C)C)c1. The van der Waals surface area contributed by atoms with E-state index in [1.807, 2.05) is 24.3 Å². The number of benzene rings is 8. The largest absolute Gasteiger partial charge is 0.330 e. The van der Waals surface area contributed by atoms with Crippen molar-refractivity contribution in [3.63, 3.8) is 0 Å². The molecule has 8 aromatic rings. The topological polar surface area (TPSA) is 54.1 Å². The van der Waals surface area contributed by atoms with Crippen LogP contribution in [0.2, 0.25) is 0 Å². The van der Waals surface area contributed by atoms with Crippen molar-refractivity contribution < 1.29 is 0 Å². The predicted molar refractivity (Wildman–Crippen MR) is 361 cm³/mol. The third kappa shape index (κ3) is 10.4. The van der Waals surface area contributed by atoms with Gasteiger partial charge in [0.2, 0.25) is 0 Å². The number of hydrogen-bond acceptors (Lipinski definition) is 4. The maximum atomic E-state index is 10.2. The first-order valence-corrected chi connectivity index (χ1v) is 30.3. The van der Waals surface area contributed by atoms with Gasteiger partial charge in [0.1, 0.15) is 0 Å². The van der Waals surface area contributed by atoms with Crippen LogP contribution in [-0.4, -0.2) is 6.04 Å². The number of hydrogen-bond donors (Lipinski definition) is 0. The second-order valence-corrected chi connectivity index (χ2v) is 27.6. The normalized spacial score (nSPS) is 16.3. The van der Waals surface area contributed by atoms with Crippen LogP contribution in [0.5, 0.6) is 0 Å². The van der Waals surface area contributed by atoms with Crippen LogP contribution >= 0.6 is 0 Å². The van der Waals surface area contributed by atoms with E-state index in [4.69, 9.17) is 0 Å². The smallest absolute Gasteiger partial charge is 0.0991 e. The van der Waals surface area contributed by atoms with Crippen LogP contribution in [0.1, 0.15) is 116 Å². The lowest BCUT2D eigenvalue weighted by molar-refractivity contribution is 0.591. The molecular formula is C82H76N4. The fraction of sp³-hybridized carbons (Fsp3) is 0.220. The lowest BCUT2D eigenvalue weighted by atomic mass is 9.67. The average Bonchev–Trinajstić information content (AvgIpc) is 0.830. The van der Waals surface area contributed by atoms with Crippen LogP contribution in [0.4, 0.5) is 22.7 Å². The molecule has 424 valence electrons. The van der Waals surface area contributed by atoms with E-state index in [2.05, 4.69) is 311 Å². The molecule has 8 aromatic carbocycles. The number of rotatable bonds is 10. The Kier molecular flexibility index (Phi) is 14.5. The summed E-state index contributed by atoms with van der Waals surface area (Å²) in [7, 11) is 0. The molecule has 0 spiro atoms. The molecule has 0 saturated carbocycles. The maximum Gasteiger partial charge on any atom is 0.0991 e. The summed E-state index contributed by atoms with van der Waals surface area (Å²) in [6.45, 7) is 27.6. The fourth-order valence-corrected chi connectivity index (χ4v) is 13.5. The minimum Gasteiger partial charge on any atom is -0.330 e. The molecule has 0 aromatic heterocycles. The van der Waals surface area contributed by atoms with Gasteiger partial charge in [-0.05, 0) is 184 Å². The summed E-state index contributed by atoms with van der Waals surface area (Å²) >= 11 is 0. The molecule has 86 heavy (non-hydrogen) atoms. The molecule has 0 heterocycles. The minimum absolute atomic E-state index is 0.0795. The van der Waals surface area contributed by atoms with Crippen molar-refractivity contribution in [1.29, 1.82) is 10.5 Å². The molecular weight excluding hydrogens is 1040 g/mol. The number of anilines is 4. The van der Waals surface area contributed by atoms with Gasteiger partial charge in [0.25, 0.3) is 0 Å². The van der Waals surface area contributed by atoms with E-state index in [-0.39, 0.29) is 33.6 Å². The summed E-state index contributed by atoms with van der Waals surface area (Å²) in [6.07, 6.45) is 18.7. The van der Waals surface area contributed by atoms with Crippen LogP contribution in [0.25, 0.3) is 44.5 Å². The van der Waals surface area contributed by atoms with Gasteiger partial charge in [0, 0.05) is 34.1 Å². The quantitative estimate of drug-likeness (QED) is 0.137. The van der Waals surface area contributed by atoms with Crippen molar-refractivity contribution in [3.8, 4) is 56.6 Å². The van der Waals surface area contributed by atoms with E-state index >= 15 is 0 Å². The Hall–Kier alpha value is -9.48. The zero-order chi connectivity index (χ0) is 60.5. The molecule has 2 unspecified atom stereocenters. The lowest BCUT2D eigenvalue weighted by Gasteiger charge is -2.44. The molecule has 0 radical (unpaired) electrons.